The number of hydrogen-bond acceptors (Lipinski definition) is 2. The predicted molar refractivity (Wildman–Crippen MR) is 142 cm³/mol. The van der Waals surface area contributed by atoms with Gasteiger partial charge in [0.25, 0.3) is 0 Å². The molecule has 8 bridgehead atoms. The Morgan fingerprint density at radius 1 is 0.556 bits per heavy atom. The Labute approximate surface area is 215 Å². The van der Waals surface area contributed by atoms with Crippen LogP contribution < -0.4 is 21.3 Å². The SMILES string of the molecule is O=C(NCC12CC3CC(CC(C3)C1)C2)Nc1ccc(NC(=O)NCC23CC4CC(CC(C4)C2)C3)cc1. The molecule has 0 heterocycles. The second-order valence-corrected chi connectivity index (χ2v) is 14.0. The molecule has 9 rings (SSSR count). The fraction of sp³-hybridized carbons (Fsp3) is 0.733. The van der Waals surface area contributed by atoms with Crippen LogP contribution in [0.3, 0.4) is 0 Å². The Hall–Kier alpha value is -2.24. The lowest BCUT2D eigenvalue weighted by atomic mass is 9.49. The van der Waals surface area contributed by atoms with Gasteiger partial charge in [-0.15, -0.1) is 0 Å². The average molecular weight is 491 g/mol. The van der Waals surface area contributed by atoms with Crippen molar-refractivity contribution >= 4 is 23.4 Å². The van der Waals surface area contributed by atoms with E-state index in [1.54, 1.807) is 0 Å². The number of carbonyl (C=O) groups is 2. The molecule has 6 nitrogen and oxygen atoms in total. The molecule has 0 aliphatic heterocycles. The minimum Gasteiger partial charge on any atom is -0.337 e. The molecule has 6 heteroatoms. The minimum absolute atomic E-state index is 0.125. The van der Waals surface area contributed by atoms with E-state index in [4.69, 9.17) is 0 Å². The van der Waals surface area contributed by atoms with E-state index in [0.717, 1.165) is 60.0 Å². The van der Waals surface area contributed by atoms with Gasteiger partial charge in [-0.2, -0.15) is 0 Å². The Kier molecular flexibility index (Phi) is 5.52. The first-order chi connectivity index (χ1) is 17.4. The molecule has 36 heavy (non-hydrogen) atoms. The van der Waals surface area contributed by atoms with Crippen LogP contribution in [0.4, 0.5) is 21.0 Å². The van der Waals surface area contributed by atoms with Crippen molar-refractivity contribution in [1.29, 1.82) is 0 Å². The number of nitrogens with one attached hydrogen (secondary N) is 4. The molecule has 8 aliphatic rings. The van der Waals surface area contributed by atoms with E-state index in [9.17, 15) is 9.59 Å². The summed E-state index contributed by atoms with van der Waals surface area (Å²) in [7, 11) is 0. The minimum atomic E-state index is -0.125. The van der Waals surface area contributed by atoms with Gasteiger partial charge in [0.15, 0.2) is 0 Å². The first-order valence-electron chi connectivity index (χ1n) is 14.6. The molecule has 0 unspecified atom stereocenters. The van der Waals surface area contributed by atoms with E-state index in [1.165, 1.54) is 77.0 Å². The van der Waals surface area contributed by atoms with Crippen LogP contribution >= 0.6 is 0 Å². The van der Waals surface area contributed by atoms with Crippen LogP contribution in [0, 0.1) is 46.3 Å². The monoisotopic (exact) mass is 490 g/mol. The molecule has 8 fully saturated rings. The van der Waals surface area contributed by atoms with Crippen LogP contribution in [0.2, 0.25) is 0 Å². The summed E-state index contributed by atoms with van der Waals surface area (Å²) in [4.78, 5) is 25.2. The maximum atomic E-state index is 12.6. The third-order valence-corrected chi connectivity index (χ3v) is 11.0. The lowest BCUT2D eigenvalue weighted by molar-refractivity contribution is -0.0497. The van der Waals surface area contributed by atoms with Crippen LogP contribution in [0.25, 0.3) is 0 Å². The summed E-state index contributed by atoms with van der Waals surface area (Å²) in [6.07, 6.45) is 16.3. The molecule has 194 valence electrons. The zero-order valence-electron chi connectivity index (χ0n) is 21.5. The highest BCUT2D eigenvalue weighted by atomic mass is 16.2. The van der Waals surface area contributed by atoms with E-state index in [2.05, 4.69) is 21.3 Å². The van der Waals surface area contributed by atoms with Gasteiger partial charge in [0, 0.05) is 24.5 Å². The standard InChI is InChI=1S/C30H42N4O2/c35-27(31-17-29-11-19-5-20(12-29)7-21(6-19)13-29)33-25-1-2-26(4-3-25)34-28(36)32-18-30-14-22-8-23(15-30)10-24(9-22)16-30/h1-4,19-24H,5-18H2,(H2,31,33,35)(H2,32,34,36). The van der Waals surface area contributed by atoms with Crippen molar-refractivity contribution in [3.63, 3.8) is 0 Å². The Morgan fingerprint density at radius 2 is 0.833 bits per heavy atom. The van der Waals surface area contributed by atoms with Crippen LogP contribution in [0.15, 0.2) is 24.3 Å². The van der Waals surface area contributed by atoms with E-state index >= 15 is 0 Å². The summed E-state index contributed by atoms with van der Waals surface area (Å²) in [5.74, 6) is 5.37. The zero-order valence-corrected chi connectivity index (χ0v) is 21.5. The molecule has 1 aromatic carbocycles. The molecule has 0 saturated heterocycles. The topological polar surface area (TPSA) is 82.3 Å². The lowest BCUT2D eigenvalue weighted by Gasteiger charge is -2.56. The predicted octanol–water partition coefficient (Wildman–Crippen LogP) is 6.36. The highest BCUT2D eigenvalue weighted by Crippen LogP contribution is 2.60. The second kappa shape index (κ2) is 8.66. The highest BCUT2D eigenvalue weighted by molar-refractivity contribution is 5.91. The smallest absolute Gasteiger partial charge is 0.319 e. The largest absolute Gasteiger partial charge is 0.337 e. The van der Waals surface area contributed by atoms with Gasteiger partial charge >= 0.3 is 12.1 Å². The molecule has 0 atom stereocenters. The van der Waals surface area contributed by atoms with Crippen molar-refractivity contribution < 1.29 is 9.59 Å². The van der Waals surface area contributed by atoms with E-state index < -0.39 is 0 Å². The first-order valence-corrected chi connectivity index (χ1v) is 14.6. The van der Waals surface area contributed by atoms with Gasteiger partial charge in [-0.3, -0.25) is 0 Å². The van der Waals surface area contributed by atoms with E-state index in [1.807, 2.05) is 24.3 Å². The Morgan fingerprint density at radius 3 is 1.11 bits per heavy atom. The zero-order chi connectivity index (χ0) is 24.3. The molecule has 4 amide bonds. The van der Waals surface area contributed by atoms with Crippen LogP contribution in [-0.4, -0.2) is 25.2 Å². The number of benzene rings is 1. The lowest BCUT2D eigenvalue weighted by Crippen LogP contribution is -2.51. The molecule has 4 N–H and O–H groups in total. The van der Waals surface area contributed by atoms with Gasteiger partial charge in [-0.25, -0.2) is 9.59 Å². The van der Waals surface area contributed by atoms with Crippen molar-refractivity contribution in [3.8, 4) is 0 Å². The van der Waals surface area contributed by atoms with Crippen molar-refractivity contribution in [2.24, 2.45) is 46.3 Å². The number of rotatable bonds is 6. The number of urea groups is 2. The van der Waals surface area contributed by atoms with Crippen molar-refractivity contribution in [3.05, 3.63) is 24.3 Å². The average Bonchev–Trinajstić information content (AvgIpc) is 2.81. The molecule has 8 saturated carbocycles. The van der Waals surface area contributed by atoms with Gasteiger partial charge in [0.1, 0.15) is 0 Å². The molecule has 0 spiro atoms. The summed E-state index contributed by atoms with van der Waals surface area (Å²) >= 11 is 0. The van der Waals surface area contributed by atoms with Crippen molar-refractivity contribution in [2.75, 3.05) is 23.7 Å². The second-order valence-electron chi connectivity index (χ2n) is 14.0. The highest BCUT2D eigenvalue weighted by Gasteiger charge is 2.51. The van der Waals surface area contributed by atoms with Crippen molar-refractivity contribution in [1.82, 2.24) is 10.6 Å². The van der Waals surface area contributed by atoms with Gasteiger partial charge in [0.2, 0.25) is 0 Å². The molecular formula is C30H42N4O2. The third kappa shape index (κ3) is 4.50. The fourth-order valence-electron chi connectivity index (χ4n) is 10.5. The van der Waals surface area contributed by atoms with Gasteiger partial charge in [-0.1, -0.05) is 0 Å². The number of amides is 4. The van der Waals surface area contributed by atoms with Crippen molar-refractivity contribution in [2.45, 2.75) is 77.0 Å². The van der Waals surface area contributed by atoms with E-state index in [0.29, 0.717) is 10.8 Å². The summed E-state index contributed by atoms with van der Waals surface area (Å²) in [6, 6.07) is 7.19. The molecule has 8 aliphatic carbocycles. The number of hydrogen-bond donors (Lipinski definition) is 4. The maximum absolute atomic E-state index is 12.6. The Balaban J connectivity index is 0.871. The third-order valence-electron chi connectivity index (χ3n) is 11.0. The van der Waals surface area contributed by atoms with Gasteiger partial charge in [0.05, 0.1) is 0 Å². The number of anilines is 2. The van der Waals surface area contributed by atoms with Crippen LogP contribution in [0.5, 0.6) is 0 Å². The summed E-state index contributed by atoms with van der Waals surface area (Å²) in [5, 5.41) is 12.3. The number of carbonyl (C=O) groups excluding carboxylic acids is 2. The summed E-state index contributed by atoms with van der Waals surface area (Å²) in [6.45, 7) is 1.59. The van der Waals surface area contributed by atoms with Crippen LogP contribution in [-0.2, 0) is 0 Å². The van der Waals surface area contributed by atoms with E-state index in [-0.39, 0.29) is 12.1 Å². The Bertz CT molecular complexity index is 867. The molecular weight excluding hydrogens is 448 g/mol. The molecule has 0 aromatic heterocycles. The van der Waals surface area contributed by atoms with Crippen LogP contribution in [0.1, 0.15) is 77.0 Å². The first kappa shape index (κ1) is 22.9. The summed E-state index contributed by atoms with van der Waals surface area (Å²) < 4.78 is 0. The normalized spacial score (nSPS) is 41.2. The fourth-order valence-corrected chi connectivity index (χ4v) is 10.5. The summed E-state index contributed by atoms with van der Waals surface area (Å²) in [5.41, 5.74) is 2.17. The quantitative estimate of drug-likeness (QED) is 0.374. The van der Waals surface area contributed by atoms with Gasteiger partial charge < -0.3 is 21.3 Å². The molecule has 0 radical (unpaired) electrons. The van der Waals surface area contributed by atoms with Gasteiger partial charge in [-0.05, 0) is 148 Å². The molecule has 1 aromatic rings. The maximum Gasteiger partial charge on any atom is 0.319 e.